The summed E-state index contributed by atoms with van der Waals surface area (Å²) < 4.78 is 0. The van der Waals surface area contributed by atoms with Crippen LogP contribution in [0.4, 0.5) is 0 Å². The number of benzene rings is 1. The summed E-state index contributed by atoms with van der Waals surface area (Å²) >= 11 is 0. The van der Waals surface area contributed by atoms with Gasteiger partial charge in [0.1, 0.15) is 0 Å². The summed E-state index contributed by atoms with van der Waals surface area (Å²) in [5.41, 5.74) is 1.19. The van der Waals surface area contributed by atoms with Gasteiger partial charge in [-0.25, -0.2) is 0 Å². The van der Waals surface area contributed by atoms with Crippen molar-refractivity contribution in [3.05, 3.63) is 35.9 Å². The molecule has 21 heavy (non-hydrogen) atoms. The molecule has 1 aliphatic heterocycles. The maximum Gasteiger partial charge on any atom is 0.224 e. The lowest BCUT2D eigenvalue weighted by atomic mass is 9.78. The molecule has 1 heterocycles. The third-order valence-corrected chi connectivity index (χ3v) is 4.63. The Kier molecular flexibility index (Phi) is 6.69. The number of halogens is 1. The van der Waals surface area contributed by atoms with Crippen molar-refractivity contribution < 1.29 is 4.79 Å². The van der Waals surface area contributed by atoms with E-state index in [9.17, 15) is 4.79 Å². The maximum absolute atomic E-state index is 12.3. The van der Waals surface area contributed by atoms with Gasteiger partial charge in [-0.15, -0.1) is 12.4 Å². The molecule has 1 aromatic rings. The molecule has 2 atom stereocenters. The van der Waals surface area contributed by atoms with Crippen molar-refractivity contribution in [3.63, 3.8) is 0 Å². The van der Waals surface area contributed by atoms with Gasteiger partial charge in [-0.2, -0.15) is 0 Å². The van der Waals surface area contributed by atoms with E-state index in [2.05, 4.69) is 55.7 Å². The molecule has 118 valence electrons. The monoisotopic (exact) mass is 310 g/mol. The van der Waals surface area contributed by atoms with Gasteiger partial charge in [-0.3, -0.25) is 4.79 Å². The molecule has 2 N–H and O–H groups in total. The fourth-order valence-electron chi connectivity index (χ4n) is 2.70. The normalized spacial score (nSPS) is 20.2. The van der Waals surface area contributed by atoms with E-state index in [-0.39, 0.29) is 35.7 Å². The Hall–Kier alpha value is -1.06. The third kappa shape index (κ3) is 4.45. The predicted molar refractivity (Wildman–Crippen MR) is 89.9 cm³/mol. The summed E-state index contributed by atoms with van der Waals surface area (Å²) in [6.07, 6.45) is 2.09. The van der Waals surface area contributed by atoms with Gasteiger partial charge < -0.3 is 10.6 Å². The second kappa shape index (κ2) is 7.81. The van der Waals surface area contributed by atoms with E-state index in [1.807, 2.05) is 6.07 Å². The largest absolute Gasteiger partial charge is 0.352 e. The van der Waals surface area contributed by atoms with Gasteiger partial charge in [0.05, 0.1) is 5.92 Å². The van der Waals surface area contributed by atoms with E-state index in [1.54, 1.807) is 0 Å². The molecule has 2 rings (SSSR count). The number of amides is 1. The Morgan fingerprint density at radius 1 is 1.33 bits per heavy atom. The molecule has 0 radical (unpaired) electrons. The van der Waals surface area contributed by atoms with Gasteiger partial charge in [-0.1, -0.05) is 44.2 Å². The molecule has 1 aliphatic rings. The first-order valence-electron chi connectivity index (χ1n) is 7.58. The second-order valence-corrected chi connectivity index (χ2v) is 6.36. The Labute approximate surface area is 134 Å². The van der Waals surface area contributed by atoms with Crippen LogP contribution >= 0.6 is 12.4 Å². The third-order valence-electron chi connectivity index (χ3n) is 4.63. The molecule has 0 aliphatic carbocycles. The highest BCUT2D eigenvalue weighted by Crippen LogP contribution is 2.27. The summed E-state index contributed by atoms with van der Waals surface area (Å²) in [5, 5.41) is 6.51. The van der Waals surface area contributed by atoms with Crippen LogP contribution in [0.2, 0.25) is 0 Å². The molecule has 1 aromatic carbocycles. The van der Waals surface area contributed by atoms with Crippen LogP contribution in [-0.2, 0) is 10.2 Å². The summed E-state index contributed by atoms with van der Waals surface area (Å²) in [6, 6.07) is 10.5. The molecule has 2 unspecified atom stereocenters. The highest BCUT2D eigenvalue weighted by molar-refractivity contribution is 5.85. The van der Waals surface area contributed by atoms with Crippen LogP contribution in [-0.4, -0.2) is 25.0 Å². The van der Waals surface area contributed by atoms with Gasteiger partial charge in [-0.05, 0) is 31.9 Å². The number of hydrogen-bond acceptors (Lipinski definition) is 2. The molecule has 4 heteroatoms. The summed E-state index contributed by atoms with van der Waals surface area (Å²) in [7, 11) is 0. The number of rotatable bonds is 4. The first-order chi connectivity index (χ1) is 9.51. The minimum atomic E-state index is -0.0704. The average molecular weight is 311 g/mol. The number of nitrogens with one attached hydrogen (secondary N) is 2. The van der Waals surface area contributed by atoms with E-state index in [4.69, 9.17) is 0 Å². The van der Waals surface area contributed by atoms with Crippen molar-refractivity contribution >= 4 is 18.3 Å². The lowest BCUT2D eigenvalue weighted by Crippen LogP contribution is -2.49. The smallest absolute Gasteiger partial charge is 0.224 e. The molecule has 0 bridgehead atoms. The van der Waals surface area contributed by atoms with Gasteiger partial charge in [0.2, 0.25) is 5.91 Å². The van der Waals surface area contributed by atoms with Gasteiger partial charge in [0.15, 0.2) is 0 Å². The van der Waals surface area contributed by atoms with Crippen molar-refractivity contribution in [3.8, 4) is 0 Å². The van der Waals surface area contributed by atoms with E-state index >= 15 is 0 Å². The van der Waals surface area contributed by atoms with E-state index in [0.717, 1.165) is 25.9 Å². The maximum atomic E-state index is 12.3. The lowest BCUT2D eigenvalue weighted by Gasteiger charge is -2.34. The molecular weight excluding hydrogens is 284 g/mol. The Balaban J connectivity index is 0.00000220. The van der Waals surface area contributed by atoms with Crippen molar-refractivity contribution in [2.75, 3.05) is 13.1 Å². The second-order valence-electron chi connectivity index (χ2n) is 6.36. The number of carbonyl (C=O) groups is 1. The van der Waals surface area contributed by atoms with Crippen LogP contribution in [0.25, 0.3) is 0 Å². The van der Waals surface area contributed by atoms with Gasteiger partial charge in [0, 0.05) is 18.0 Å². The summed E-state index contributed by atoms with van der Waals surface area (Å²) in [6.45, 7) is 8.32. The van der Waals surface area contributed by atoms with Crippen molar-refractivity contribution in [1.82, 2.24) is 10.6 Å². The predicted octanol–water partition coefficient (Wildman–Crippen LogP) is 2.89. The molecule has 3 nitrogen and oxygen atoms in total. The molecule has 1 amide bonds. The van der Waals surface area contributed by atoms with Gasteiger partial charge >= 0.3 is 0 Å². The van der Waals surface area contributed by atoms with Crippen LogP contribution in [0.3, 0.4) is 0 Å². The molecule has 1 saturated heterocycles. The summed E-state index contributed by atoms with van der Waals surface area (Å²) in [5.74, 6) is 0.312. The number of piperidine rings is 1. The minimum Gasteiger partial charge on any atom is -0.352 e. The standard InChI is InChI=1S/C17H26N2O.ClH/c1-13(17(2,3)15-9-5-4-6-10-15)19-16(20)14-8-7-11-18-12-14;/h4-6,9-10,13-14,18H,7-8,11-12H2,1-3H3,(H,19,20);1H. The molecular formula is C17H27ClN2O. The van der Waals surface area contributed by atoms with Crippen molar-refractivity contribution in [2.24, 2.45) is 5.92 Å². The minimum absolute atomic E-state index is 0. The summed E-state index contributed by atoms with van der Waals surface area (Å²) in [4.78, 5) is 12.3. The zero-order chi connectivity index (χ0) is 14.6. The Bertz CT molecular complexity index is 441. The number of hydrogen-bond donors (Lipinski definition) is 2. The van der Waals surface area contributed by atoms with Gasteiger partial charge in [0.25, 0.3) is 0 Å². The van der Waals surface area contributed by atoms with Crippen molar-refractivity contribution in [1.29, 1.82) is 0 Å². The molecule has 0 saturated carbocycles. The number of carbonyl (C=O) groups excluding carboxylic acids is 1. The van der Waals surface area contributed by atoms with E-state index in [1.165, 1.54) is 5.56 Å². The highest BCUT2D eigenvalue weighted by Gasteiger charge is 2.31. The SMILES string of the molecule is CC(NC(=O)C1CCCNC1)C(C)(C)c1ccccc1.Cl. The zero-order valence-corrected chi connectivity index (χ0v) is 14.0. The van der Waals surface area contributed by atoms with Crippen LogP contribution < -0.4 is 10.6 Å². The van der Waals surface area contributed by atoms with Crippen LogP contribution in [0.1, 0.15) is 39.2 Å². The fourth-order valence-corrected chi connectivity index (χ4v) is 2.70. The van der Waals surface area contributed by atoms with E-state index < -0.39 is 0 Å². The molecule has 0 aromatic heterocycles. The first-order valence-corrected chi connectivity index (χ1v) is 7.58. The Morgan fingerprint density at radius 2 is 2.00 bits per heavy atom. The van der Waals surface area contributed by atoms with E-state index in [0.29, 0.717) is 0 Å². The quantitative estimate of drug-likeness (QED) is 0.898. The molecule has 1 fully saturated rings. The molecule has 0 spiro atoms. The first kappa shape index (κ1) is 18.0. The average Bonchev–Trinajstić information content (AvgIpc) is 2.49. The zero-order valence-electron chi connectivity index (χ0n) is 13.2. The van der Waals surface area contributed by atoms with Crippen LogP contribution in [0.5, 0.6) is 0 Å². The highest BCUT2D eigenvalue weighted by atomic mass is 35.5. The van der Waals surface area contributed by atoms with Crippen LogP contribution in [0, 0.1) is 5.92 Å². The topological polar surface area (TPSA) is 41.1 Å². The Morgan fingerprint density at radius 3 is 2.57 bits per heavy atom. The van der Waals surface area contributed by atoms with Crippen molar-refractivity contribution in [2.45, 2.75) is 45.1 Å². The fraction of sp³-hybridized carbons (Fsp3) is 0.588. The lowest BCUT2D eigenvalue weighted by molar-refractivity contribution is -0.126. The van der Waals surface area contributed by atoms with Crippen LogP contribution in [0.15, 0.2) is 30.3 Å².